The maximum atomic E-state index is 13.5. The first-order valence-electron chi connectivity index (χ1n) is 8.58. The van der Waals surface area contributed by atoms with Crippen molar-refractivity contribution in [3.8, 4) is 17.3 Å². The van der Waals surface area contributed by atoms with Gasteiger partial charge in [-0.1, -0.05) is 53.6 Å². The van der Waals surface area contributed by atoms with Gasteiger partial charge >= 0.3 is 6.18 Å². The van der Waals surface area contributed by atoms with Crippen LogP contribution in [0, 0.1) is 25.2 Å². The van der Waals surface area contributed by atoms with Crippen molar-refractivity contribution < 1.29 is 13.2 Å². The van der Waals surface area contributed by atoms with E-state index in [1.807, 2.05) is 44.2 Å². The summed E-state index contributed by atoms with van der Waals surface area (Å²) in [7, 11) is 0. The van der Waals surface area contributed by atoms with Crippen molar-refractivity contribution in [3.63, 3.8) is 0 Å². The number of rotatable bonds is 3. The van der Waals surface area contributed by atoms with Crippen molar-refractivity contribution in [2.24, 2.45) is 0 Å². The van der Waals surface area contributed by atoms with Crippen LogP contribution in [-0.2, 0) is 12.7 Å². The molecule has 0 radical (unpaired) electrons. The fourth-order valence-corrected chi connectivity index (χ4v) is 3.05. The van der Waals surface area contributed by atoms with Crippen LogP contribution in [0.3, 0.4) is 0 Å². The predicted molar refractivity (Wildman–Crippen MR) is 101 cm³/mol. The first-order chi connectivity index (χ1) is 13.2. The van der Waals surface area contributed by atoms with Crippen LogP contribution in [0.25, 0.3) is 11.3 Å². The molecule has 1 heterocycles. The van der Waals surface area contributed by atoms with Gasteiger partial charge in [0.1, 0.15) is 11.6 Å². The van der Waals surface area contributed by atoms with Crippen molar-refractivity contribution in [1.29, 1.82) is 5.26 Å². The van der Waals surface area contributed by atoms with E-state index in [-0.39, 0.29) is 12.2 Å². The molecule has 0 saturated heterocycles. The van der Waals surface area contributed by atoms with Gasteiger partial charge in [-0.15, -0.1) is 0 Å². The molecule has 0 N–H and O–H groups in total. The number of hydrogen-bond donors (Lipinski definition) is 0. The molecule has 0 aliphatic heterocycles. The van der Waals surface area contributed by atoms with Crippen molar-refractivity contribution in [1.82, 2.24) is 4.57 Å². The first-order valence-corrected chi connectivity index (χ1v) is 8.58. The summed E-state index contributed by atoms with van der Waals surface area (Å²) < 4.78 is 41.7. The summed E-state index contributed by atoms with van der Waals surface area (Å²) in [6.45, 7) is 3.80. The van der Waals surface area contributed by atoms with E-state index < -0.39 is 22.9 Å². The zero-order valence-electron chi connectivity index (χ0n) is 15.3. The number of alkyl halides is 3. The number of pyridine rings is 1. The minimum Gasteiger partial charge on any atom is -0.303 e. The van der Waals surface area contributed by atoms with Crippen molar-refractivity contribution >= 4 is 0 Å². The number of halogens is 3. The fourth-order valence-electron chi connectivity index (χ4n) is 3.05. The van der Waals surface area contributed by atoms with Crippen LogP contribution >= 0.6 is 0 Å². The molecule has 0 aliphatic rings. The van der Waals surface area contributed by atoms with E-state index in [4.69, 9.17) is 0 Å². The lowest BCUT2D eigenvalue weighted by molar-refractivity contribution is -0.137. The van der Waals surface area contributed by atoms with E-state index in [0.717, 1.165) is 22.8 Å². The van der Waals surface area contributed by atoms with Gasteiger partial charge in [-0.3, -0.25) is 4.79 Å². The Morgan fingerprint density at radius 3 is 2.25 bits per heavy atom. The van der Waals surface area contributed by atoms with E-state index in [1.54, 1.807) is 18.2 Å². The number of aryl methyl sites for hydroxylation is 2. The van der Waals surface area contributed by atoms with Crippen LogP contribution in [0.1, 0.15) is 27.8 Å². The topological polar surface area (TPSA) is 45.8 Å². The van der Waals surface area contributed by atoms with Crippen LogP contribution in [0.5, 0.6) is 0 Å². The number of nitrogens with zero attached hydrogens (tertiary/aromatic N) is 2. The number of benzene rings is 2. The van der Waals surface area contributed by atoms with E-state index in [0.29, 0.717) is 5.56 Å². The van der Waals surface area contributed by atoms with E-state index in [9.17, 15) is 23.2 Å². The zero-order chi connectivity index (χ0) is 20.5. The van der Waals surface area contributed by atoms with Crippen molar-refractivity contribution in [2.45, 2.75) is 26.6 Å². The highest BCUT2D eigenvalue weighted by Gasteiger charge is 2.36. The lowest BCUT2D eigenvalue weighted by Crippen LogP contribution is -2.28. The summed E-state index contributed by atoms with van der Waals surface area (Å²) in [4.78, 5) is 12.9. The lowest BCUT2D eigenvalue weighted by Gasteiger charge is -2.18. The minimum absolute atomic E-state index is 0.0647. The summed E-state index contributed by atoms with van der Waals surface area (Å²) in [6.07, 6.45) is -4.80. The quantitative estimate of drug-likeness (QED) is 0.635. The number of hydrogen-bond acceptors (Lipinski definition) is 2. The molecule has 3 rings (SSSR count). The molecule has 0 aliphatic carbocycles. The van der Waals surface area contributed by atoms with Gasteiger partial charge in [-0.05, 0) is 37.1 Å². The van der Waals surface area contributed by atoms with E-state index in [1.165, 1.54) is 10.6 Å². The Bertz CT molecular complexity index is 1120. The van der Waals surface area contributed by atoms with Gasteiger partial charge in [0, 0.05) is 0 Å². The summed E-state index contributed by atoms with van der Waals surface area (Å²) in [5.74, 6) is 0. The predicted octanol–water partition coefficient (Wildman–Crippen LogP) is 5.07. The minimum atomic E-state index is -4.80. The van der Waals surface area contributed by atoms with Gasteiger partial charge in [0.25, 0.3) is 5.56 Å². The number of aromatic nitrogens is 1. The summed E-state index contributed by atoms with van der Waals surface area (Å²) in [5.41, 5.74) is 0.192. The molecule has 0 spiro atoms. The van der Waals surface area contributed by atoms with Gasteiger partial charge in [0.05, 0.1) is 17.8 Å². The van der Waals surface area contributed by atoms with Gasteiger partial charge in [0.2, 0.25) is 0 Å². The Hall–Kier alpha value is -3.33. The van der Waals surface area contributed by atoms with Crippen molar-refractivity contribution in [3.05, 3.63) is 92.8 Å². The normalized spacial score (nSPS) is 11.3. The summed E-state index contributed by atoms with van der Waals surface area (Å²) >= 11 is 0. The SMILES string of the molecule is Cc1ccc(Cn2c(-c3cccc(C)c3)cc(C(F)(F)F)c(C#N)c2=O)cc1. The van der Waals surface area contributed by atoms with Gasteiger partial charge in [0.15, 0.2) is 0 Å². The van der Waals surface area contributed by atoms with E-state index in [2.05, 4.69) is 0 Å². The molecule has 0 atom stereocenters. The second-order valence-corrected chi connectivity index (χ2v) is 6.67. The highest BCUT2D eigenvalue weighted by molar-refractivity contribution is 5.63. The van der Waals surface area contributed by atoms with Crippen LogP contribution in [-0.4, -0.2) is 4.57 Å². The molecular weight excluding hydrogens is 365 g/mol. The molecule has 0 bridgehead atoms. The van der Waals surface area contributed by atoms with Gasteiger partial charge in [-0.2, -0.15) is 18.4 Å². The Labute approximate surface area is 160 Å². The lowest BCUT2D eigenvalue weighted by atomic mass is 10.0. The molecule has 2 aromatic carbocycles. The third-order valence-electron chi connectivity index (χ3n) is 4.49. The van der Waals surface area contributed by atoms with Crippen molar-refractivity contribution in [2.75, 3.05) is 0 Å². The summed E-state index contributed by atoms with van der Waals surface area (Å²) in [5, 5.41) is 9.23. The third kappa shape index (κ3) is 3.84. The van der Waals surface area contributed by atoms with Crippen LogP contribution in [0.2, 0.25) is 0 Å². The molecule has 0 saturated carbocycles. The average Bonchev–Trinajstić information content (AvgIpc) is 2.63. The Balaban J connectivity index is 2.31. The highest BCUT2D eigenvalue weighted by atomic mass is 19.4. The van der Waals surface area contributed by atoms with Crippen LogP contribution in [0.4, 0.5) is 13.2 Å². The molecule has 3 nitrogen and oxygen atoms in total. The fraction of sp³-hybridized carbons (Fsp3) is 0.182. The molecule has 1 aromatic heterocycles. The van der Waals surface area contributed by atoms with E-state index >= 15 is 0 Å². The molecule has 0 amide bonds. The molecule has 3 aromatic rings. The molecule has 28 heavy (non-hydrogen) atoms. The average molecular weight is 382 g/mol. The molecule has 142 valence electrons. The van der Waals surface area contributed by atoms with Crippen LogP contribution < -0.4 is 5.56 Å². The largest absolute Gasteiger partial charge is 0.417 e. The zero-order valence-corrected chi connectivity index (χ0v) is 15.3. The van der Waals surface area contributed by atoms with Gasteiger partial charge < -0.3 is 4.57 Å². The first kappa shape index (κ1) is 19.4. The molecule has 6 heteroatoms. The number of nitriles is 1. The molecule has 0 fully saturated rings. The Morgan fingerprint density at radius 1 is 1.00 bits per heavy atom. The summed E-state index contributed by atoms with van der Waals surface area (Å²) in [6, 6.07) is 16.6. The van der Waals surface area contributed by atoms with Gasteiger partial charge in [-0.25, -0.2) is 0 Å². The molecule has 0 unspecified atom stereocenters. The Morgan fingerprint density at radius 2 is 1.68 bits per heavy atom. The standard InChI is InChI=1S/C22H17F3N2O/c1-14-6-8-16(9-7-14)13-27-20(17-5-3-4-15(2)10-17)11-19(22(23,24)25)18(12-26)21(27)28/h3-11H,13H2,1-2H3. The maximum Gasteiger partial charge on any atom is 0.417 e. The second-order valence-electron chi connectivity index (χ2n) is 6.67. The second kappa shape index (κ2) is 7.35. The Kier molecular flexibility index (Phi) is 5.10. The maximum absolute atomic E-state index is 13.5. The molecular formula is C22H17F3N2O. The van der Waals surface area contributed by atoms with Crippen LogP contribution in [0.15, 0.2) is 59.4 Å². The highest BCUT2D eigenvalue weighted by Crippen LogP contribution is 2.33. The third-order valence-corrected chi connectivity index (χ3v) is 4.49. The monoisotopic (exact) mass is 382 g/mol. The smallest absolute Gasteiger partial charge is 0.303 e.